The maximum absolute atomic E-state index is 10.3. The third-order valence-corrected chi connectivity index (χ3v) is 1.10. The van der Waals surface area contributed by atoms with Crippen molar-refractivity contribution in [1.82, 2.24) is 0 Å². The molecule has 0 radical (unpaired) electrons. The van der Waals surface area contributed by atoms with Gasteiger partial charge in [-0.25, -0.2) is 4.79 Å². The Kier molecular flexibility index (Phi) is 1.09. The number of esters is 1. The molecule has 0 fully saturated rings. The number of aliphatic hydroxyl groups excluding tert-OH is 2. The van der Waals surface area contributed by atoms with Crippen LogP contribution in [0.4, 0.5) is 0 Å². The Bertz CT molecular complexity index is 181. The topological polar surface area (TPSA) is 66.8 Å². The normalized spacial score (nSPS) is 26.8. The van der Waals surface area contributed by atoms with E-state index in [0.29, 0.717) is 0 Å². The molecular weight excluding hydrogens is 124 g/mol. The average molecular weight is 130 g/mol. The van der Waals surface area contributed by atoms with E-state index in [4.69, 9.17) is 10.2 Å². The van der Waals surface area contributed by atoms with Crippen LogP contribution in [0, 0.1) is 0 Å². The standard InChI is InChI=1S/C5H6O4/c1-2-3(6)4(7)5(8)9-2/h2,6-7H,1H3. The molecule has 0 spiro atoms. The van der Waals surface area contributed by atoms with Crippen LogP contribution in [-0.4, -0.2) is 22.3 Å². The highest BCUT2D eigenvalue weighted by Gasteiger charge is 2.30. The lowest BCUT2D eigenvalue weighted by molar-refractivity contribution is -0.141. The van der Waals surface area contributed by atoms with E-state index >= 15 is 0 Å². The van der Waals surface area contributed by atoms with E-state index in [-0.39, 0.29) is 5.76 Å². The minimum Gasteiger partial charge on any atom is -0.505 e. The summed E-state index contributed by atoms with van der Waals surface area (Å²) < 4.78 is 4.37. The van der Waals surface area contributed by atoms with Gasteiger partial charge in [0, 0.05) is 0 Å². The molecule has 0 bridgehead atoms. The molecule has 0 aromatic rings. The summed E-state index contributed by atoms with van der Waals surface area (Å²) in [6.45, 7) is 1.47. The van der Waals surface area contributed by atoms with Crippen molar-refractivity contribution >= 4 is 5.97 Å². The maximum Gasteiger partial charge on any atom is 0.377 e. The summed E-state index contributed by atoms with van der Waals surface area (Å²) >= 11 is 0. The van der Waals surface area contributed by atoms with Crippen LogP contribution in [0.2, 0.25) is 0 Å². The molecule has 1 heterocycles. The number of hydrogen-bond acceptors (Lipinski definition) is 4. The molecule has 9 heavy (non-hydrogen) atoms. The van der Waals surface area contributed by atoms with Gasteiger partial charge >= 0.3 is 5.97 Å². The number of carbonyl (C=O) groups excluding carboxylic acids is 1. The smallest absolute Gasteiger partial charge is 0.377 e. The Labute approximate surface area is 51.4 Å². The van der Waals surface area contributed by atoms with Crippen molar-refractivity contribution in [3.05, 3.63) is 11.5 Å². The van der Waals surface area contributed by atoms with Crippen molar-refractivity contribution in [3.8, 4) is 0 Å². The number of aliphatic hydroxyl groups is 2. The predicted molar refractivity (Wildman–Crippen MR) is 27.8 cm³/mol. The number of carbonyl (C=O) groups is 1. The third-order valence-electron chi connectivity index (χ3n) is 1.10. The summed E-state index contributed by atoms with van der Waals surface area (Å²) in [5.41, 5.74) is 0. The molecule has 2 N–H and O–H groups in total. The number of ether oxygens (including phenoxy) is 1. The van der Waals surface area contributed by atoms with E-state index in [1.165, 1.54) is 6.92 Å². The SMILES string of the molecule is CC1OC(=O)C(O)=C1O. The van der Waals surface area contributed by atoms with E-state index in [1.807, 2.05) is 0 Å². The molecule has 1 unspecified atom stereocenters. The minimum absolute atomic E-state index is 0.389. The highest BCUT2D eigenvalue weighted by molar-refractivity contribution is 5.88. The molecule has 50 valence electrons. The summed E-state index contributed by atoms with van der Waals surface area (Å²) in [5.74, 6) is -1.93. The van der Waals surface area contributed by atoms with Crippen molar-refractivity contribution in [2.45, 2.75) is 13.0 Å². The predicted octanol–water partition coefficient (Wildman–Crippen LogP) is 0.259. The van der Waals surface area contributed by atoms with Crippen LogP contribution >= 0.6 is 0 Å². The van der Waals surface area contributed by atoms with Gasteiger partial charge in [-0.1, -0.05) is 0 Å². The van der Waals surface area contributed by atoms with E-state index in [9.17, 15) is 4.79 Å². The second-order valence-corrected chi connectivity index (χ2v) is 1.78. The van der Waals surface area contributed by atoms with Crippen LogP contribution in [0.15, 0.2) is 11.5 Å². The van der Waals surface area contributed by atoms with Crippen LogP contribution in [0.25, 0.3) is 0 Å². The summed E-state index contributed by atoms with van der Waals surface area (Å²) in [6.07, 6.45) is -0.697. The lowest BCUT2D eigenvalue weighted by atomic mass is 10.3. The highest BCUT2D eigenvalue weighted by atomic mass is 16.6. The van der Waals surface area contributed by atoms with Gasteiger partial charge in [0.05, 0.1) is 0 Å². The Hall–Kier alpha value is -1.19. The molecule has 4 heteroatoms. The fourth-order valence-electron chi connectivity index (χ4n) is 0.569. The molecule has 1 rings (SSSR count). The molecule has 0 aliphatic carbocycles. The summed E-state index contributed by atoms with van der Waals surface area (Å²) in [6, 6.07) is 0. The van der Waals surface area contributed by atoms with Gasteiger partial charge in [-0.05, 0) is 6.92 Å². The van der Waals surface area contributed by atoms with Crippen LogP contribution in [0.1, 0.15) is 6.92 Å². The second-order valence-electron chi connectivity index (χ2n) is 1.78. The Morgan fingerprint density at radius 3 is 2.22 bits per heavy atom. The van der Waals surface area contributed by atoms with Crippen molar-refractivity contribution in [2.24, 2.45) is 0 Å². The lowest BCUT2D eigenvalue weighted by Gasteiger charge is -1.98. The Morgan fingerprint density at radius 2 is 2.11 bits per heavy atom. The first kappa shape index (κ1) is 5.94. The van der Waals surface area contributed by atoms with E-state index in [1.54, 1.807) is 0 Å². The fourth-order valence-corrected chi connectivity index (χ4v) is 0.569. The fraction of sp³-hybridized carbons (Fsp3) is 0.400. The number of cyclic esters (lactones) is 1. The van der Waals surface area contributed by atoms with E-state index < -0.39 is 17.8 Å². The van der Waals surface area contributed by atoms with Gasteiger partial charge in [-0.3, -0.25) is 0 Å². The minimum atomic E-state index is -0.861. The van der Waals surface area contributed by atoms with E-state index in [0.717, 1.165) is 0 Å². The molecule has 0 saturated carbocycles. The van der Waals surface area contributed by atoms with Gasteiger partial charge in [0.1, 0.15) is 0 Å². The molecule has 0 amide bonds. The van der Waals surface area contributed by atoms with Gasteiger partial charge in [0.25, 0.3) is 0 Å². The Morgan fingerprint density at radius 1 is 1.56 bits per heavy atom. The molecule has 0 saturated heterocycles. The second kappa shape index (κ2) is 1.65. The zero-order valence-corrected chi connectivity index (χ0v) is 4.79. The van der Waals surface area contributed by atoms with Crippen molar-refractivity contribution < 1.29 is 19.7 Å². The molecular formula is C5H6O4. The van der Waals surface area contributed by atoms with Crippen LogP contribution in [0.3, 0.4) is 0 Å². The van der Waals surface area contributed by atoms with Crippen molar-refractivity contribution in [1.29, 1.82) is 0 Å². The van der Waals surface area contributed by atoms with Crippen LogP contribution < -0.4 is 0 Å². The van der Waals surface area contributed by atoms with Gasteiger partial charge in [-0.2, -0.15) is 0 Å². The van der Waals surface area contributed by atoms with E-state index in [2.05, 4.69) is 4.74 Å². The summed E-state index contributed by atoms with van der Waals surface area (Å²) in [4.78, 5) is 10.3. The number of hydrogen-bond donors (Lipinski definition) is 2. The summed E-state index contributed by atoms with van der Waals surface area (Å²) in [5, 5.41) is 17.3. The molecule has 1 aliphatic heterocycles. The molecule has 0 aromatic heterocycles. The largest absolute Gasteiger partial charge is 0.505 e. The van der Waals surface area contributed by atoms with Crippen molar-refractivity contribution in [2.75, 3.05) is 0 Å². The zero-order valence-electron chi connectivity index (χ0n) is 4.79. The van der Waals surface area contributed by atoms with Gasteiger partial charge in [0.15, 0.2) is 11.9 Å². The van der Waals surface area contributed by atoms with Crippen LogP contribution in [0.5, 0.6) is 0 Å². The molecule has 0 aromatic carbocycles. The molecule has 1 aliphatic rings. The first-order valence-electron chi connectivity index (χ1n) is 2.46. The maximum atomic E-state index is 10.3. The zero-order chi connectivity index (χ0) is 7.02. The number of rotatable bonds is 0. The van der Waals surface area contributed by atoms with Crippen molar-refractivity contribution in [3.63, 3.8) is 0 Å². The highest BCUT2D eigenvalue weighted by Crippen LogP contribution is 2.16. The van der Waals surface area contributed by atoms with Crippen LogP contribution in [-0.2, 0) is 9.53 Å². The first-order valence-corrected chi connectivity index (χ1v) is 2.46. The quantitative estimate of drug-likeness (QED) is 0.461. The average Bonchev–Trinajstić information content (AvgIpc) is 1.98. The summed E-state index contributed by atoms with van der Waals surface area (Å²) in [7, 11) is 0. The molecule has 4 nitrogen and oxygen atoms in total. The first-order chi connectivity index (χ1) is 4.13. The Balaban J connectivity index is 2.92. The monoisotopic (exact) mass is 130 g/mol. The molecule has 1 atom stereocenters. The van der Waals surface area contributed by atoms with Gasteiger partial charge in [-0.15, -0.1) is 0 Å². The van der Waals surface area contributed by atoms with Gasteiger partial charge < -0.3 is 14.9 Å². The third kappa shape index (κ3) is 0.718. The van der Waals surface area contributed by atoms with Gasteiger partial charge in [0.2, 0.25) is 5.76 Å². The lowest BCUT2D eigenvalue weighted by Crippen LogP contribution is -2.05.